The fraction of sp³-hybridized carbons (Fsp3) is 0.625. The summed E-state index contributed by atoms with van der Waals surface area (Å²) in [5.74, 6) is 0. The second kappa shape index (κ2) is 8.57. The molecule has 1 rings (SSSR count). The third-order valence-corrected chi connectivity index (χ3v) is 4.19. The summed E-state index contributed by atoms with van der Waals surface area (Å²) in [4.78, 5) is 2.34. The molecule has 1 N–H and O–H groups in total. The van der Waals surface area contributed by atoms with Crippen molar-refractivity contribution in [3.05, 3.63) is 34.9 Å². The van der Waals surface area contributed by atoms with Gasteiger partial charge in [0.25, 0.3) is 0 Å². The van der Waals surface area contributed by atoms with Crippen LogP contribution in [0.1, 0.15) is 39.2 Å². The summed E-state index contributed by atoms with van der Waals surface area (Å²) >= 11 is 6.20. The molecule has 1 aromatic rings. The number of halogens is 1. The lowest BCUT2D eigenvalue weighted by Gasteiger charge is -2.27. The van der Waals surface area contributed by atoms with Crippen LogP contribution in [0.15, 0.2) is 24.3 Å². The third kappa shape index (κ3) is 5.52. The largest absolute Gasteiger partial charge is 0.312 e. The molecule has 0 spiro atoms. The van der Waals surface area contributed by atoms with Crippen LogP contribution in [0.25, 0.3) is 0 Å². The van der Waals surface area contributed by atoms with E-state index in [0.29, 0.717) is 12.1 Å². The van der Waals surface area contributed by atoms with Crippen molar-refractivity contribution in [2.45, 2.75) is 52.2 Å². The molecule has 1 aromatic carbocycles. The normalized spacial score (nSPS) is 13.2. The summed E-state index contributed by atoms with van der Waals surface area (Å²) in [6, 6.07) is 9.21. The van der Waals surface area contributed by atoms with Gasteiger partial charge in [0.15, 0.2) is 0 Å². The van der Waals surface area contributed by atoms with E-state index in [9.17, 15) is 0 Å². The van der Waals surface area contributed by atoms with Gasteiger partial charge in [-0.1, -0.05) is 43.6 Å². The number of rotatable bonds is 8. The van der Waals surface area contributed by atoms with Gasteiger partial charge < -0.3 is 5.32 Å². The molecule has 0 fully saturated rings. The van der Waals surface area contributed by atoms with Crippen molar-refractivity contribution in [3.63, 3.8) is 0 Å². The molecule has 0 saturated carbocycles. The maximum absolute atomic E-state index is 6.20. The average Bonchev–Trinajstić information content (AvgIpc) is 2.42. The first-order valence-electron chi connectivity index (χ1n) is 7.25. The topological polar surface area (TPSA) is 15.3 Å². The highest BCUT2D eigenvalue weighted by molar-refractivity contribution is 6.31. The van der Waals surface area contributed by atoms with Gasteiger partial charge in [0, 0.05) is 30.2 Å². The van der Waals surface area contributed by atoms with E-state index in [4.69, 9.17) is 11.6 Å². The Bertz CT molecular complexity index is 364. The van der Waals surface area contributed by atoms with Crippen LogP contribution in [0.2, 0.25) is 5.02 Å². The molecule has 1 unspecified atom stereocenters. The summed E-state index contributed by atoms with van der Waals surface area (Å²) in [7, 11) is 2.16. The molecule has 0 aliphatic rings. The van der Waals surface area contributed by atoms with Crippen LogP contribution < -0.4 is 5.32 Å². The Morgan fingerprint density at radius 1 is 1.21 bits per heavy atom. The molecule has 3 heteroatoms. The van der Waals surface area contributed by atoms with Gasteiger partial charge in [0.05, 0.1) is 0 Å². The Kier molecular flexibility index (Phi) is 7.44. The smallest absolute Gasteiger partial charge is 0.0451 e. The summed E-state index contributed by atoms with van der Waals surface area (Å²) in [5, 5.41) is 4.48. The molecule has 0 aliphatic carbocycles. The van der Waals surface area contributed by atoms with E-state index in [1.54, 1.807) is 0 Å². The number of likely N-dealkylation sites (N-methyl/N-ethyl adjacent to an activating group) is 1. The van der Waals surface area contributed by atoms with Gasteiger partial charge in [-0.2, -0.15) is 0 Å². The van der Waals surface area contributed by atoms with Crippen molar-refractivity contribution in [2.24, 2.45) is 0 Å². The van der Waals surface area contributed by atoms with Gasteiger partial charge in [-0.25, -0.2) is 0 Å². The number of nitrogens with one attached hydrogen (secondary N) is 1. The summed E-state index contributed by atoms with van der Waals surface area (Å²) in [5.41, 5.74) is 1.20. The molecule has 0 radical (unpaired) electrons. The van der Waals surface area contributed by atoms with E-state index in [1.807, 2.05) is 18.2 Å². The molecule has 0 aromatic heterocycles. The van der Waals surface area contributed by atoms with Crippen LogP contribution in [0.3, 0.4) is 0 Å². The van der Waals surface area contributed by atoms with Crippen LogP contribution in [-0.4, -0.2) is 30.6 Å². The van der Waals surface area contributed by atoms with E-state index in [-0.39, 0.29) is 0 Å². The summed E-state index contributed by atoms with van der Waals surface area (Å²) < 4.78 is 0. The Morgan fingerprint density at radius 2 is 1.84 bits per heavy atom. The number of hydrogen-bond acceptors (Lipinski definition) is 2. The van der Waals surface area contributed by atoms with Gasteiger partial charge >= 0.3 is 0 Å². The monoisotopic (exact) mass is 282 g/mol. The first-order chi connectivity index (χ1) is 9.08. The lowest BCUT2D eigenvalue weighted by Crippen LogP contribution is -2.41. The van der Waals surface area contributed by atoms with Crippen molar-refractivity contribution in [2.75, 3.05) is 13.6 Å². The van der Waals surface area contributed by atoms with Crippen molar-refractivity contribution < 1.29 is 0 Å². The molecule has 108 valence electrons. The lowest BCUT2D eigenvalue weighted by molar-refractivity contribution is 0.235. The highest BCUT2D eigenvalue weighted by Gasteiger charge is 2.12. The van der Waals surface area contributed by atoms with Gasteiger partial charge in [-0.3, -0.25) is 4.90 Å². The molecular weight excluding hydrogens is 256 g/mol. The van der Waals surface area contributed by atoms with Gasteiger partial charge in [-0.05, 0) is 38.4 Å². The van der Waals surface area contributed by atoms with Crippen LogP contribution in [0, 0.1) is 0 Å². The van der Waals surface area contributed by atoms with E-state index < -0.39 is 0 Å². The van der Waals surface area contributed by atoms with Crippen molar-refractivity contribution >= 4 is 11.6 Å². The van der Waals surface area contributed by atoms with E-state index in [1.165, 1.54) is 18.4 Å². The molecule has 0 saturated heterocycles. The first-order valence-corrected chi connectivity index (χ1v) is 7.63. The minimum Gasteiger partial charge on any atom is -0.312 e. The van der Waals surface area contributed by atoms with E-state index in [2.05, 4.69) is 44.1 Å². The van der Waals surface area contributed by atoms with Gasteiger partial charge in [-0.15, -0.1) is 0 Å². The number of nitrogens with zero attached hydrogens (tertiary/aromatic N) is 1. The zero-order valence-electron chi connectivity index (χ0n) is 12.6. The van der Waals surface area contributed by atoms with Gasteiger partial charge in [0.2, 0.25) is 0 Å². The minimum atomic E-state index is 0.497. The van der Waals surface area contributed by atoms with E-state index in [0.717, 1.165) is 18.1 Å². The van der Waals surface area contributed by atoms with Crippen LogP contribution >= 0.6 is 11.6 Å². The predicted octanol–water partition coefficient (Wildman–Crippen LogP) is 3.94. The van der Waals surface area contributed by atoms with Gasteiger partial charge in [0.1, 0.15) is 0 Å². The highest BCUT2D eigenvalue weighted by Crippen LogP contribution is 2.17. The molecular formula is C16H27ClN2. The summed E-state index contributed by atoms with van der Waals surface area (Å²) in [6.45, 7) is 8.64. The van der Waals surface area contributed by atoms with Crippen molar-refractivity contribution in [1.82, 2.24) is 10.2 Å². The fourth-order valence-corrected chi connectivity index (χ4v) is 2.32. The second-order valence-corrected chi connectivity index (χ2v) is 5.68. The molecule has 0 amide bonds. The molecule has 2 nitrogen and oxygen atoms in total. The Hall–Kier alpha value is -0.570. The van der Waals surface area contributed by atoms with Crippen molar-refractivity contribution in [1.29, 1.82) is 0 Å². The Balaban J connectivity index is 2.44. The molecule has 0 bridgehead atoms. The van der Waals surface area contributed by atoms with Crippen LogP contribution in [0.5, 0.6) is 0 Å². The maximum Gasteiger partial charge on any atom is 0.0451 e. The van der Waals surface area contributed by atoms with E-state index >= 15 is 0 Å². The molecule has 1 atom stereocenters. The Labute approximate surface area is 123 Å². The van der Waals surface area contributed by atoms with Crippen molar-refractivity contribution in [3.8, 4) is 0 Å². The fourth-order valence-electron chi connectivity index (χ4n) is 2.12. The Morgan fingerprint density at radius 3 is 2.42 bits per heavy atom. The second-order valence-electron chi connectivity index (χ2n) is 5.28. The minimum absolute atomic E-state index is 0.497. The SMILES string of the molecule is CCC(CC)NCC(C)N(C)Cc1ccccc1Cl. The summed E-state index contributed by atoms with van der Waals surface area (Å²) in [6.07, 6.45) is 2.38. The number of benzene rings is 1. The first kappa shape index (κ1) is 16.5. The zero-order valence-corrected chi connectivity index (χ0v) is 13.4. The standard InChI is InChI=1S/C16H27ClN2/c1-5-15(6-2)18-11-13(3)19(4)12-14-9-7-8-10-16(14)17/h7-10,13,15,18H,5-6,11-12H2,1-4H3. The highest BCUT2D eigenvalue weighted by atomic mass is 35.5. The number of hydrogen-bond donors (Lipinski definition) is 1. The molecule has 19 heavy (non-hydrogen) atoms. The molecule has 0 heterocycles. The predicted molar refractivity (Wildman–Crippen MR) is 84.8 cm³/mol. The van der Waals surface area contributed by atoms with Crippen LogP contribution in [-0.2, 0) is 6.54 Å². The van der Waals surface area contributed by atoms with Crippen LogP contribution in [0.4, 0.5) is 0 Å². The third-order valence-electron chi connectivity index (χ3n) is 3.82. The molecule has 0 aliphatic heterocycles. The maximum atomic E-state index is 6.20. The zero-order chi connectivity index (χ0) is 14.3. The quantitative estimate of drug-likeness (QED) is 0.777. The lowest BCUT2D eigenvalue weighted by atomic mass is 10.1. The average molecular weight is 283 g/mol.